The largest absolute Gasteiger partial charge is 0.306 e. The highest BCUT2D eigenvalue weighted by molar-refractivity contribution is 6.12. The minimum absolute atomic E-state index is 0.222. The fourth-order valence-corrected chi connectivity index (χ4v) is 3.35. The number of carbonyl (C=O) groups excluding carboxylic acids is 1. The van der Waals surface area contributed by atoms with Crippen molar-refractivity contribution in [2.75, 3.05) is 5.32 Å². The number of pyridine rings is 1. The molecule has 0 aliphatic carbocycles. The first-order chi connectivity index (χ1) is 14.2. The van der Waals surface area contributed by atoms with Gasteiger partial charge in [0.15, 0.2) is 5.65 Å². The van der Waals surface area contributed by atoms with Crippen molar-refractivity contribution in [2.45, 2.75) is 6.92 Å². The summed E-state index contributed by atoms with van der Waals surface area (Å²) in [6.45, 7) is 2.04. The van der Waals surface area contributed by atoms with Gasteiger partial charge in [0.05, 0.1) is 23.0 Å². The Morgan fingerprint density at radius 1 is 0.966 bits per heavy atom. The van der Waals surface area contributed by atoms with Crippen LogP contribution in [0.25, 0.3) is 27.8 Å². The van der Waals surface area contributed by atoms with Gasteiger partial charge in [-0.25, -0.2) is 9.97 Å². The van der Waals surface area contributed by atoms with Crippen molar-refractivity contribution in [1.29, 1.82) is 0 Å². The minimum atomic E-state index is -0.222. The highest BCUT2D eigenvalue weighted by Crippen LogP contribution is 2.26. The second kappa shape index (κ2) is 6.83. The van der Waals surface area contributed by atoms with E-state index in [1.165, 1.54) is 5.56 Å². The predicted molar refractivity (Wildman–Crippen MR) is 113 cm³/mol. The van der Waals surface area contributed by atoms with Crippen molar-refractivity contribution in [2.24, 2.45) is 0 Å². The zero-order chi connectivity index (χ0) is 19.8. The van der Waals surface area contributed by atoms with Gasteiger partial charge in [-0.1, -0.05) is 48.0 Å². The van der Waals surface area contributed by atoms with Crippen molar-refractivity contribution < 1.29 is 4.79 Å². The van der Waals surface area contributed by atoms with E-state index in [9.17, 15) is 4.79 Å². The third-order valence-corrected chi connectivity index (χ3v) is 4.84. The Labute approximate surface area is 166 Å². The second-order valence-corrected chi connectivity index (χ2v) is 6.82. The van der Waals surface area contributed by atoms with Crippen LogP contribution in [-0.4, -0.2) is 25.5 Å². The van der Waals surface area contributed by atoms with Crippen LogP contribution in [0.15, 0.2) is 79.1 Å². The number of rotatable bonds is 3. The van der Waals surface area contributed by atoms with E-state index >= 15 is 0 Å². The quantitative estimate of drug-likeness (QED) is 0.501. The Bertz CT molecular complexity index is 1360. The maximum absolute atomic E-state index is 13.2. The van der Waals surface area contributed by atoms with Gasteiger partial charge in [-0.15, -0.1) is 0 Å². The molecule has 0 fully saturated rings. The highest BCUT2D eigenvalue weighted by Gasteiger charge is 2.15. The molecule has 3 heterocycles. The molecule has 0 atom stereocenters. The molecule has 6 heteroatoms. The average molecular weight is 379 g/mol. The van der Waals surface area contributed by atoms with Crippen molar-refractivity contribution in [3.63, 3.8) is 0 Å². The zero-order valence-corrected chi connectivity index (χ0v) is 15.7. The normalized spacial score (nSPS) is 11.1. The van der Waals surface area contributed by atoms with Crippen LogP contribution in [0.1, 0.15) is 15.9 Å². The third kappa shape index (κ3) is 3.10. The number of carbonyl (C=O) groups is 1. The number of hydrogen-bond donors (Lipinski definition) is 1. The number of aromatic nitrogens is 4. The molecule has 1 amide bonds. The summed E-state index contributed by atoms with van der Waals surface area (Å²) in [6, 6.07) is 21.1. The van der Waals surface area contributed by atoms with Crippen molar-refractivity contribution in [3.05, 3.63) is 90.3 Å². The smallest absolute Gasteiger partial charge is 0.257 e. The van der Waals surface area contributed by atoms with Gasteiger partial charge < -0.3 is 5.32 Å². The van der Waals surface area contributed by atoms with E-state index < -0.39 is 0 Å². The summed E-state index contributed by atoms with van der Waals surface area (Å²) in [7, 11) is 0. The van der Waals surface area contributed by atoms with E-state index in [1.807, 2.05) is 61.5 Å². The van der Waals surface area contributed by atoms with Gasteiger partial charge in [0, 0.05) is 23.2 Å². The van der Waals surface area contributed by atoms with Crippen LogP contribution < -0.4 is 5.32 Å². The minimum Gasteiger partial charge on any atom is -0.306 e. The molecule has 5 aromatic rings. The number of hydrogen-bond acceptors (Lipinski definition) is 4. The fourth-order valence-electron chi connectivity index (χ4n) is 3.35. The molecule has 0 bridgehead atoms. The first-order valence-corrected chi connectivity index (χ1v) is 9.26. The first kappa shape index (κ1) is 17.1. The van der Waals surface area contributed by atoms with Crippen LogP contribution in [0.4, 0.5) is 5.82 Å². The van der Waals surface area contributed by atoms with E-state index in [0.717, 1.165) is 22.2 Å². The molecule has 0 aliphatic heterocycles. The molecule has 0 unspecified atom stereocenters. The highest BCUT2D eigenvalue weighted by atomic mass is 16.1. The van der Waals surface area contributed by atoms with E-state index in [-0.39, 0.29) is 5.91 Å². The van der Waals surface area contributed by atoms with Gasteiger partial charge in [0.2, 0.25) is 0 Å². The van der Waals surface area contributed by atoms with Gasteiger partial charge >= 0.3 is 0 Å². The molecule has 29 heavy (non-hydrogen) atoms. The lowest BCUT2D eigenvalue weighted by Crippen LogP contribution is -2.16. The second-order valence-electron chi connectivity index (χ2n) is 6.82. The monoisotopic (exact) mass is 379 g/mol. The van der Waals surface area contributed by atoms with Gasteiger partial charge in [0.25, 0.3) is 5.91 Å². The number of benzene rings is 2. The molecular weight excluding hydrogens is 362 g/mol. The van der Waals surface area contributed by atoms with Crippen LogP contribution in [0.5, 0.6) is 0 Å². The number of para-hydroxylation sites is 1. The standard InChI is InChI=1S/C23H17N5O/c1-15-6-8-16(9-7-15)20-14-18(17-4-2-3-5-19(17)26-20)23(29)27-22-10-12-24-21-11-13-25-28(21)22/h2-14H,1H3,(H,27,29). The summed E-state index contributed by atoms with van der Waals surface area (Å²) in [5.41, 5.74) is 4.90. The van der Waals surface area contributed by atoms with Gasteiger partial charge in [-0.05, 0) is 25.1 Å². The van der Waals surface area contributed by atoms with Gasteiger partial charge in [0.1, 0.15) is 5.82 Å². The Kier molecular flexibility index (Phi) is 4.02. The van der Waals surface area contributed by atoms with E-state index in [2.05, 4.69) is 15.4 Å². The van der Waals surface area contributed by atoms with Crippen LogP contribution in [0.2, 0.25) is 0 Å². The van der Waals surface area contributed by atoms with Crippen LogP contribution in [0.3, 0.4) is 0 Å². The van der Waals surface area contributed by atoms with E-state index in [1.54, 1.807) is 29.0 Å². The number of nitrogens with zero attached hydrogens (tertiary/aromatic N) is 4. The van der Waals surface area contributed by atoms with Crippen molar-refractivity contribution >= 4 is 28.3 Å². The summed E-state index contributed by atoms with van der Waals surface area (Å²) < 4.78 is 1.60. The van der Waals surface area contributed by atoms with Crippen LogP contribution >= 0.6 is 0 Å². The molecule has 0 aliphatic rings. The van der Waals surface area contributed by atoms with E-state index in [4.69, 9.17) is 4.98 Å². The maximum atomic E-state index is 13.2. The topological polar surface area (TPSA) is 72.2 Å². The van der Waals surface area contributed by atoms with Crippen molar-refractivity contribution in [1.82, 2.24) is 19.6 Å². The Hall–Kier alpha value is -4.06. The average Bonchev–Trinajstić information content (AvgIpc) is 3.23. The molecule has 1 N–H and O–H groups in total. The Morgan fingerprint density at radius 2 is 1.79 bits per heavy atom. The third-order valence-electron chi connectivity index (χ3n) is 4.84. The van der Waals surface area contributed by atoms with Gasteiger partial charge in [-0.3, -0.25) is 4.79 Å². The Morgan fingerprint density at radius 3 is 2.66 bits per heavy atom. The number of aryl methyl sites for hydroxylation is 1. The Balaban J connectivity index is 1.62. The summed E-state index contributed by atoms with van der Waals surface area (Å²) in [5.74, 6) is 0.336. The van der Waals surface area contributed by atoms with Crippen LogP contribution in [-0.2, 0) is 0 Å². The fraction of sp³-hybridized carbons (Fsp3) is 0.0435. The summed E-state index contributed by atoms with van der Waals surface area (Å²) >= 11 is 0. The number of fused-ring (bicyclic) bond motifs is 2. The molecule has 6 nitrogen and oxygen atoms in total. The molecule has 0 radical (unpaired) electrons. The summed E-state index contributed by atoms with van der Waals surface area (Å²) in [5, 5.41) is 7.99. The number of anilines is 1. The summed E-state index contributed by atoms with van der Waals surface area (Å²) in [4.78, 5) is 22.2. The predicted octanol–water partition coefficient (Wildman–Crippen LogP) is 4.51. The number of amides is 1. The molecule has 0 saturated carbocycles. The van der Waals surface area contributed by atoms with Gasteiger partial charge in [-0.2, -0.15) is 9.61 Å². The lowest BCUT2D eigenvalue weighted by Gasteiger charge is -2.11. The SMILES string of the molecule is Cc1ccc(-c2cc(C(=O)Nc3ccnc4ccnn34)c3ccccc3n2)cc1. The van der Waals surface area contributed by atoms with E-state index in [0.29, 0.717) is 17.0 Å². The van der Waals surface area contributed by atoms with Crippen molar-refractivity contribution in [3.8, 4) is 11.3 Å². The van der Waals surface area contributed by atoms with Crippen LogP contribution in [0, 0.1) is 6.92 Å². The lowest BCUT2D eigenvalue weighted by molar-refractivity contribution is 0.102. The molecule has 3 aromatic heterocycles. The molecule has 0 spiro atoms. The maximum Gasteiger partial charge on any atom is 0.257 e. The first-order valence-electron chi connectivity index (χ1n) is 9.26. The molecule has 2 aromatic carbocycles. The zero-order valence-electron chi connectivity index (χ0n) is 15.7. The molecule has 140 valence electrons. The summed E-state index contributed by atoms with van der Waals surface area (Å²) in [6.07, 6.45) is 3.30. The molecular formula is C23H17N5O. The number of nitrogens with one attached hydrogen (secondary N) is 1. The molecule has 5 rings (SSSR count). The molecule has 0 saturated heterocycles. The lowest BCUT2D eigenvalue weighted by atomic mass is 10.0.